The van der Waals surface area contributed by atoms with Gasteiger partial charge < -0.3 is 10.2 Å². The molecule has 0 bridgehead atoms. The van der Waals surface area contributed by atoms with E-state index in [-0.39, 0.29) is 18.2 Å². The SMILES string of the molecule is CCNC(=O)[C@H](C)N(Cc1ccccc1Cl)C(=O)Cc1cc(C)cc(C)c1. The Morgan fingerprint density at radius 2 is 1.74 bits per heavy atom. The van der Waals surface area contributed by atoms with E-state index in [9.17, 15) is 9.59 Å². The molecule has 144 valence electrons. The van der Waals surface area contributed by atoms with Crippen molar-refractivity contribution >= 4 is 23.4 Å². The molecule has 0 aliphatic carbocycles. The Morgan fingerprint density at radius 3 is 2.33 bits per heavy atom. The van der Waals surface area contributed by atoms with E-state index in [1.54, 1.807) is 17.9 Å². The summed E-state index contributed by atoms with van der Waals surface area (Å²) in [5.74, 6) is -0.267. The van der Waals surface area contributed by atoms with E-state index in [0.29, 0.717) is 18.1 Å². The first kappa shape index (κ1) is 21.0. The minimum Gasteiger partial charge on any atom is -0.355 e. The second kappa shape index (κ2) is 9.56. The summed E-state index contributed by atoms with van der Waals surface area (Å²) in [4.78, 5) is 27.1. The molecule has 5 heteroatoms. The maximum absolute atomic E-state index is 13.1. The Hall–Kier alpha value is -2.33. The van der Waals surface area contributed by atoms with Crippen LogP contribution in [-0.2, 0) is 22.6 Å². The van der Waals surface area contributed by atoms with E-state index < -0.39 is 6.04 Å². The summed E-state index contributed by atoms with van der Waals surface area (Å²) < 4.78 is 0. The highest BCUT2D eigenvalue weighted by molar-refractivity contribution is 6.31. The number of rotatable bonds is 7. The van der Waals surface area contributed by atoms with Gasteiger partial charge in [-0.05, 0) is 44.9 Å². The molecule has 1 N–H and O–H groups in total. The lowest BCUT2D eigenvalue weighted by molar-refractivity contribution is -0.140. The lowest BCUT2D eigenvalue weighted by Crippen LogP contribution is -2.48. The van der Waals surface area contributed by atoms with E-state index >= 15 is 0 Å². The van der Waals surface area contributed by atoms with E-state index in [4.69, 9.17) is 11.6 Å². The molecule has 0 radical (unpaired) electrons. The summed E-state index contributed by atoms with van der Waals surface area (Å²) in [5.41, 5.74) is 4.01. The molecule has 0 fully saturated rings. The maximum atomic E-state index is 13.1. The van der Waals surface area contributed by atoms with Gasteiger partial charge in [0.25, 0.3) is 0 Å². The molecule has 0 aromatic heterocycles. The lowest BCUT2D eigenvalue weighted by atomic mass is 10.0. The number of carbonyl (C=O) groups is 2. The molecule has 2 amide bonds. The Labute approximate surface area is 166 Å². The Morgan fingerprint density at radius 1 is 1.11 bits per heavy atom. The summed E-state index contributed by atoms with van der Waals surface area (Å²) >= 11 is 6.28. The molecule has 1 atom stereocenters. The van der Waals surface area contributed by atoms with Crippen molar-refractivity contribution in [1.82, 2.24) is 10.2 Å². The quantitative estimate of drug-likeness (QED) is 0.780. The normalized spacial score (nSPS) is 11.7. The van der Waals surface area contributed by atoms with Crippen LogP contribution >= 0.6 is 11.6 Å². The van der Waals surface area contributed by atoms with Crippen LogP contribution in [0.4, 0.5) is 0 Å². The molecule has 0 spiro atoms. The van der Waals surface area contributed by atoms with Gasteiger partial charge in [-0.25, -0.2) is 0 Å². The first-order valence-corrected chi connectivity index (χ1v) is 9.57. The minimum atomic E-state index is -0.584. The number of hydrogen-bond donors (Lipinski definition) is 1. The molecule has 2 rings (SSSR count). The van der Waals surface area contributed by atoms with Crippen molar-refractivity contribution in [3.05, 3.63) is 69.7 Å². The third kappa shape index (κ3) is 5.83. The third-order valence-electron chi connectivity index (χ3n) is 4.45. The Bertz CT molecular complexity index is 799. The zero-order chi connectivity index (χ0) is 20.0. The minimum absolute atomic E-state index is 0.0985. The fourth-order valence-corrected chi connectivity index (χ4v) is 3.36. The molecule has 4 nitrogen and oxygen atoms in total. The van der Waals surface area contributed by atoms with Crippen LogP contribution in [0.1, 0.15) is 36.1 Å². The highest BCUT2D eigenvalue weighted by Gasteiger charge is 2.26. The van der Waals surface area contributed by atoms with Crippen molar-refractivity contribution in [2.45, 2.75) is 46.7 Å². The second-order valence-corrected chi connectivity index (χ2v) is 7.26. The van der Waals surface area contributed by atoms with Gasteiger partial charge in [-0.3, -0.25) is 9.59 Å². The molecular formula is C22H27ClN2O2. The summed E-state index contributed by atoms with van der Waals surface area (Å²) in [6.07, 6.45) is 0.247. The highest BCUT2D eigenvalue weighted by Crippen LogP contribution is 2.20. The molecule has 0 unspecified atom stereocenters. The third-order valence-corrected chi connectivity index (χ3v) is 4.82. The molecule has 0 aliphatic rings. The molecule has 27 heavy (non-hydrogen) atoms. The highest BCUT2D eigenvalue weighted by atomic mass is 35.5. The van der Waals surface area contributed by atoms with Crippen molar-refractivity contribution in [2.24, 2.45) is 0 Å². The summed E-state index contributed by atoms with van der Waals surface area (Å²) in [5, 5.41) is 3.39. The van der Waals surface area contributed by atoms with Crippen LogP contribution in [0.5, 0.6) is 0 Å². The van der Waals surface area contributed by atoms with Crippen LogP contribution in [0.3, 0.4) is 0 Å². The molecule has 2 aromatic carbocycles. The molecule has 2 aromatic rings. The maximum Gasteiger partial charge on any atom is 0.242 e. The second-order valence-electron chi connectivity index (χ2n) is 6.86. The number of hydrogen-bond acceptors (Lipinski definition) is 2. The number of nitrogens with one attached hydrogen (secondary N) is 1. The van der Waals surface area contributed by atoms with Crippen LogP contribution in [-0.4, -0.2) is 29.3 Å². The van der Waals surface area contributed by atoms with Crippen LogP contribution < -0.4 is 5.32 Å². The van der Waals surface area contributed by atoms with E-state index in [2.05, 4.69) is 11.4 Å². The van der Waals surface area contributed by atoms with Gasteiger partial charge >= 0.3 is 0 Å². The van der Waals surface area contributed by atoms with Gasteiger partial charge in [0.15, 0.2) is 0 Å². The fraction of sp³-hybridized carbons (Fsp3) is 0.364. The number of likely N-dealkylation sites (N-methyl/N-ethyl adjacent to an activating group) is 1. The molecule has 0 heterocycles. The number of nitrogens with zero attached hydrogens (tertiary/aromatic N) is 1. The van der Waals surface area contributed by atoms with Gasteiger partial charge in [-0.1, -0.05) is 59.1 Å². The van der Waals surface area contributed by atoms with E-state index in [0.717, 1.165) is 22.3 Å². The zero-order valence-corrected chi connectivity index (χ0v) is 17.1. The topological polar surface area (TPSA) is 49.4 Å². The van der Waals surface area contributed by atoms with Crippen molar-refractivity contribution in [2.75, 3.05) is 6.54 Å². The standard InChI is InChI=1S/C22H27ClN2O2/c1-5-24-22(27)17(4)25(14-19-8-6-7-9-20(19)23)21(26)13-18-11-15(2)10-16(3)12-18/h6-12,17H,5,13-14H2,1-4H3,(H,24,27)/t17-/m0/s1. The van der Waals surface area contributed by atoms with E-state index in [1.807, 2.05) is 51.1 Å². The van der Waals surface area contributed by atoms with Crippen LogP contribution in [0.2, 0.25) is 5.02 Å². The Kier molecular flexibility index (Phi) is 7.43. The van der Waals surface area contributed by atoms with Gasteiger partial charge in [-0.2, -0.15) is 0 Å². The van der Waals surface area contributed by atoms with Crippen LogP contribution in [0, 0.1) is 13.8 Å². The number of carbonyl (C=O) groups excluding carboxylic acids is 2. The summed E-state index contributed by atoms with van der Waals surface area (Å²) in [7, 11) is 0. The lowest BCUT2D eigenvalue weighted by Gasteiger charge is -2.29. The van der Waals surface area contributed by atoms with E-state index in [1.165, 1.54) is 0 Å². The number of halogens is 1. The average Bonchev–Trinajstić information content (AvgIpc) is 2.59. The molecular weight excluding hydrogens is 360 g/mol. The van der Waals surface area contributed by atoms with Gasteiger partial charge in [0.1, 0.15) is 6.04 Å². The fourth-order valence-electron chi connectivity index (χ4n) is 3.16. The average molecular weight is 387 g/mol. The van der Waals surface area contributed by atoms with Gasteiger partial charge in [0, 0.05) is 18.1 Å². The number of benzene rings is 2. The first-order valence-electron chi connectivity index (χ1n) is 9.19. The molecule has 0 saturated heterocycles. The van der Waals surface area contributed by atoms with Crippen LogP contribution in [0.15, 0.2) is 42.5 Å². The molecule has 0 saturated carbocycles. The predicted molar refractivity (Wildman–Crippen MR) is 110 cm³/mol. The largest absolute Gasteiger partial charge is 0.355 e. The first-order chi connectivity index (χ1) is 12.8. The van der Waals surface area contributed by atoms with Crippen molar-refractivity contribution in [1.29, 1.82) is 0 Å². The smallest absolute Gasteiger partial charge is 0.242 e. The monoisotopic (exact) mass is 386 g/mol. The summed E-state index contributed by atoms with van der Waals surface area (Å²) in [6.45, 7) is 8.46. The van der Waals surface area contributed by atoms with Crippen molar-refractivity contribution in [3.63, 3.8) is 0 Å². The van der Waals surface area contributed by atoms with Gasteiger partial charge in [-0.15, -0.1) is 0 Å². The van der Waals surface area contributed by atoms with Crippen molar-refractivity contribution in [3.8, 4) is 0 Å². The van der Waals surface area contributed by atoms with Crippen LogP contribution in [0.25, 0.3) is 0 Å². The predicted octanol–water partition coefficient (Wildman–Crippen LogP) is 4.05. The number of amides is 2. The number of aryl methyl sites for hydroxylation is 2. The zero-order valence-electron chi connectivity index (χ0n) is 16.4. The summed E-state index contributed by atoms with van der Waals surface area (Å²) in [6, 6.07) is 12.9. The van der Waals surface area contributed by atoms with Gasteiger partial charge in [0.05, 0.1) is 6.42 Å². The van der Waals surface area contributed by atoms with Gasteiger partial charge in [0.2, 0.25) is 11.8 Å². The molecule has 0 aliphatic heterocycles. The van der Waals surface area contributed by atoms with Crippen molar-refractivity contribution < 1.29 is 9.59 Å². The Balaban J connectivity index is 2.28.